The standard InChI is InChI=1S/C17H8F9N3O/c18-15(19,20)10-4-9(5-11(6-10)16(21,22)23)14(30)29-28-13-2-1-8(7-27)3-12(13)17(24,25)26/h1-6,28H,(H,29,30). The van der Waals surface area contributed by atoms with E-state index >= 15 is 0 Å². The quantitative estimate of drug-likeness (QED) is 0.497. The predicted molar refractivity (Wildman–Crippen MR) is 83.7 cm³/mol. The lowest BCUT2D eigenvalue weighted by Gasteiger charge is -2.17. The zero-order valence-corrected chi connectivity index (χ0v) is 14.2. The van der Waals surface area contributed by atoms with Crippen LogP contribution in [-0.4, -0.2) is 5.91 Å². The van der Waals surface area contributed by atoms with E-state index in [1.54, 1.807) is 10.9 Å². The van der Waals surface area contributed by atoms with Gasteiger partial charge in [-0.15, -0.1) is 0 Å². The maximum absolute atomic E-state index is 13.1. The van der Waals surface area contributed by atoms with Gasteiger partial charge in [0.2, 0.25) is 0 Å². The van der Waals surface area contributed by atoms with Crippen LogP contribution in [0.2, 0.25) is 0 Å². The van der Waals surface area contributed by atoms with Gasteiger partial charge in [0.05, 0.1) is 34.0 Å². The van der Waals surface area contributed by atoms with Crippen molar-refractivity contribution >= 4 is 11.6 Å². The van der Waals surface area contributed by atoms with E-state index in [9.17, 15) is 44.3 Å². The molecule has 0 bridgehead atoms. The Bertz CT molecular complexity index is 969. The van der Waals surface area contributed by atoms with Gasteiger partial charge in [0.15, 0.2) is 0 Å². The van der Waals surface area contributed by atoms with Crippen LogP contribution >= 0.6 is 0 Å². The predicted octanol–water partition coefficient (Wildman–Crippen LogP) is 5.37. The van der Waals surface area contributed by atoms with Crippen LogP contribution in [0.1, 0.15) is 32.6 Å². The zero-order chi connectivity index (χ0) is 22.9. The third-order valence-electron chi connectivity index (χ3n) is 3.61. The van der Waals surface area contributed by atoms with Crippen molar-refractivity contribution in [1.29, 1.82) is 5.26 Å². The second kappa shape index (κ2) is 7.77. The summed E-state index contributed by atoms with van der Waals surface area (Å²) in [5.41, 5.74) is -3.75. The Kier molecular flexibility index (Phi) is 5.92. The number of halogens is 9. The summed E-state index contributed by atoms with van der Waals surface area (Å²) in [5, 5.41) is 8.68. The van der Waals surface area contributed by atoms with E-state index in [0.29, 0.717) is 6.07 Å². The van der Waals surface area contributed by atoms with Crippen molar-refractivity contribution in [2.24, 2.45) is 0 Å². The fourth-order valence-corrected chi connectivity index (χ4v) is 2.24. The largest absolute Gasteiger partial charge is 0.418 e. The second-order valence-corrected chi connectivity index (χ2v) is 5.74. The first kappa shape index (κ1) is 22.9. The average molecular weight is 441 g/mol. The van der Waals surface area contributed by atoms with Crippen molar-refractivity contribution < 1.29 is 44.3 Å². The summed E-state index contributed by atoms with van der Waals surface area (Å²) in [4.78, 5) is 12.0. The van der Waals surface area contributed by atoms with Gasteiger partial charge in [-0.1, -0.05) is 0 Å². The minimum atomic E-state index is -5.21. The maximum atomic E-state index is 13.1. The van der Waals surface area contributed by atoms with Crippen molar-refractivity contribution in [3.63, 3.8) is 0 Å². The van der Waals surface area contributed by atoms with Gasteiger partial charge in [-0.3, -0.25) is 15.6 Å². The van der Waals surface area contributed by atoms with E-state index in [1.807, 2.05) is 0 Å². The number of carbonyl (C=O) groups excluding carboxylic acids is 1. The van der Waals surface area contributed by atoms with Crippen LogP contribution in [0.4, 0.5) is 45.2 Å². The van der Waals surface area contributed by atoms with Crippen molar-refractivity contribution in [2.45, 2.75) is 18.5 Å². The fraction of sp³-hybridized carbons (Fsp3) is 0.176. The monoisotopic (exact) mass is 441 g/mol. The number of hydrogen-bond donors (Lipinski definition) is 2. The Hall–Kier alpha value is -3.43. The lowest BCUT2D eigenvalue weighted by Crippen LogP contribution is -2.31. The molecule has 0 fully saturated rings. The molecule has 13 heteroatoms. The number of anilines is 1. The SMILES string of the molecule is N#Cc1ccc(NNC(=O)c2cc(C(F)(F)F)cc(C(F)(F)F)c2)c(C(F)(F)F)c1. The summed E-state index contributed by atoms with van der Waals surface area (Å²) in [5.74, 6) is -1.55. The topological polar surface area (TPSA) is 64.9 Å². The number of nitrogens with one attached hydrogen (secondary N) is 2. The first-order valence-corrected chi connectivity index (χ1v) is 7.60. The van der Waals surface area contributed by atoms with Crippen LogP contribution in [0.3, 0.4) is 0 Å². The minimum absolute atomic E-state index is 0.121. The molecule has 160 valence electrons. The average Bonchev–Trinajstić information content (AvgIpc) is 2.63. The Labute approximate surface area is 161 Å². The molecular formula is C17H8F9N3O. The molecule has 4 nitrogen and oxygen atoms in total. The molecule has 0 aromatic heterocycles. The molecule has 0 saturated heterocycles. The molecule has 2 aromatic rings. The smallest absolute Gasteiger partial charge is 0.298 e. The van der Waals surface area contributed by atoms with Gasteiger partial charge in [-0.05, 0) is 36.4 Å². The molecule has 2 N–H and O–H groups in total. The van der Waals surface area contributed by atoms with Gasteiger partial charge < -0.3 is 0 Å². The van der Waals surface area contributed by atoms with E-state index in [-0.39, 0.29) is 23.8 Å². The van der Waals surface area contributed by atoms with Gasteiger partial charge in [0, 0.05) is 5.56 Å². The van der Waals surface area contributed by atoms with Crippen molar-refractivity contribution in [1.82, 2.24) is 5.43 Å². The van der Waals surface area contributed by atoms with Crippen LogP contribution in [0.15, 0.2) is 36.4 Å². The molecule has 2 aromatic carbocycles. The van der Waals surface area contributed by atoms with Crippen LogP contribution < -0.4 is 10.9 Å². The summed E-state index contributed by atoms with van der Waals surface area (Å²) >= 11 is 0. The van der Waals surface area contributed by atoms with Gasteiger partial charge in [-0.2, -0.15) is 44.8 Å². The van der Waals surface area contributed by atoms with Gasteiger partial charge in [0.1, 0.15) is 0 Å². The summed E-state index contributed by atoms with van der Waals surface area (Å²) in [6.45, 7) is 0. The van der Waals surface area contributed by atoms with Crippen molar-refractivity contribution in [3.05, 3.63) is 64.2 Å². The lowest BCUT2D eigenvalue weighted by molar-refractivity contribution is -0.143. The number of amides is 1. The summed E-state index contributed by atoms with van der Waals surface area (Å²) < 4.78 is 116. The molecule has 0 aliphatic carbocycles. The number of hydrazine groups is 1. The highest BCUT2D eigenvalue weighted by Gasteiger charge is 2.38. The Balaban J connectivity index is 2.37. The number of alkyl halides is 9. The lowest BCUT2D eigenvalue weighted by atomic mass is 10.0. The van der Waals surface area contributed by atoms with Crippen molar-refractivity contribution in [2.75, 3.05) is 5.43 Å². The zero-order valence-electron chi connectivity index (χ0n) is 14.2. The molecule has 0 aliphatic heterocycles. The molecule has 1 amide bonds. The van der Waals surface area contributed by atoms with Gasteiger partial charge in [0.25, 0.3) is 5.91 Å². The molecule has 0 unspecified atom stereocenters. The highest BCUT2D eigenvalue weighted by Crippen LogP contribution is 2.37. The van der Waals surface area contributed by atoms with E-state index < -0.39 is 52.4 Å². The first-order valence-electron chi connectivity index (χ1n) is 7.60. The third-order valence-corrected chi connectivity index (χ3v) is 3.61. The minimum Gasteiger partial charge on any atom is -0.298 e. The van der Waals surface area contributed by atoms with E-state index in [4.69, 9.17) is 5.26 Å². The Morgan fingerprint density at radius 3 is 1.77 bits per heavy atom. The summed E-state index contributed by atoms with van der Waals surface area (Å²) in [6, 6.07) is 3.67. The molecule has 0 aliphatic rings. The van der Waals surface area contributed by atoms with E-state index in [0.717, 1.165) is 12.1 Å². The Morgan fingerprint density at radius 1 is 0.800 bits per heavy atom. The fourth-order valence-electron chi connectivity index (χ4n) is 2.24. The summed E-state index contributed by atoms with van der Waals surface area (Å²) in [6.07, 6.45) is -15.4. The number of rotatable bonds is 3. The highest BCUT2D eigenvalue weighted by atomic mass is 19.4. The molecule has 0 atom stereocenters. The third kappa shape index (κ3) is 5.34. The first-order chi connectivity index (χ1) is 13.6. The van der Waals surface area contributed by atoms with Gasteiger partial charge in [-0.25, -0.2) is 0 Å². The summed E-state index contributed by atoms with van der Waals surface area (Å²) in [7, 11) is 0. The molecule has 0 radical (unpaired) electrons. The molecule has 0 spiro atoms. The maximum Gasteiger partial charge on any atom is 0.418 e. The number of hydrogen-bond acceptors (Lipinski definition) is 3. The van der Waals surface area contributed by atoms with Crippen LogP contribution in [0, 0.1) is 11.3 Å². The Morgan fingerprint density at radius 2 is 1.33 bits per heavy atom. The number of nitrogens with zero attached hydrogens (tertiary/aromatic N) is 1. The van der Waals surface area contributed by atoms with Crippen molar-refractivity contribution in [3.8, 4) is 6.07 Å². The molecule has 30 heavy (non-hydrogen) atoms. The van der Waals surface area contributed by atoms with E-state index in [2.05, 4.69) is 0 Å². The normalized spacial score (nSPS) is 12.3. The molecular weight excluding hydrogens is 433 g/mol. The molecule has 0 heterocycles. The number of carbonyl (C=O) groups is 1. The van der Waals surface area contributed by atoms with Crippen LogP contribution in [0.25, 0.3) is 0 Å². The number of nitriles is 1. The second-order valence-electron chi connectivity index (χ2n) is 5.74. The molecule has 2 rings (SSSR count). The van der Waals surface area contributed by atoms with Crippen LogP contribution in [0.5, 0.6) is 0 Å². The molecule has 0 saturated carbocycles. The van der Waals surface area contributed by atoms with Crippen LogP contribution in [-0.2, 0) is 18.5 Å². The van der Waals surface area contributed by atoms with E-state index in [1.165, 1.54) is 6.07 Å². The number of benzene rings is 2. The highest BCUT2D eigenvalue weighted by molar-refractivity contribution is 5.95. The van der Waals surface area contributed by atoms with Gasteiger partial charge >= 0.3 is 18.5 Å².